The number of nitrogens with zero attached hydrogens (tertiary/aromatic N) is 4. The van der Waals surface area contributed by atoms with Crippen molar-refractivity contribution in [1.29, 1.82) is 0 Å². The fourth-order valence-electron chi connectivity index (χ4n) is 6.81. The average Bonchev–Trinajstić information content (AvgIpc) is 3.04. The molecular weight excluding hydrogens is 620 g/mol. The summed E-state index contributed by atoms with van der Waals surface area (Å²) >= 11 is 0. The number of fused-ring (bicyclic) bond motifs is 1. The minimum absolute atomic E-state index is 0.0322. The summed E-state index contributed by atoms with van der Waals surface area (Å²) in [6, 6.07) is 26.9. The van der Waals surface area contributed by atoms with Crippen molar-refractivity contribution in [2.75, 3.05) is 38.4 Å². The number of ether oxygens (including phenoxy) is 3. The molecule has 10 nitrogen and oxygen atoms in total. The van der Waals surface area contributed by atoms with Crippen LogP contribution in [0.1, 0.15) is 65.1 Å². The van der Waals surface area contributed by atoms with E-state index in [-0.39, 0.29) is 50.2 Å². The lowest BCUT2D eigenvalue weighted by Crippen LogP contribution is -2.84. The highest BCUT2D eigenvalue weighted by molar-refractivity contribution is 5.97. The van der Waals surface area contributed by atoms with Crippen molar-refractivity contribution in [2.24, 2.45) is 0 Å². The Morgan fingerprint density at radius 2 is 1.45 bits per heavy atom. The van der Waals surface area contributed by atoms with Gasteiger partial charge in [0, 0.05) is 25.9 Å². The van der Waals surface area contributed by atoms with Gasteiger partial charge in [-0.2, -0.15) is 0 Å². The summed E-state index contributed by atoms with van der Waals surface area (Å²) in [5, 5.41) is 2.15. The van der Waals surface area contributed by atoms with E-state index in [1.165, 1.54) is 6.07 Å². The molecule has 2 amide bonds. The molecular formula is C39H44N4O6. The summed E-state index contributed by atoms with van der Waals surface area (Å²) in [6.45, 7) is 10.5. The number of hydrogen-bond acceptors (Lipinski definition) is 7. The number of hydrogen-bond donors (Lipinski definition) is 0. The Kier molecular flexibility index (Phi) is 9.26. The molecule has 3 heterocycles. The van der Waals surface area contributed by atoms with Crippen molar-refractivity contribution in [3.8, 4) is 5.75 Å². The number of rotatable bonds is 9. The van der Waals surface area contributed by atoms with E-state index in [4.69, 9.17) is 14.2 Å². The van der Waals surface area contributed by atoms with Crippen LogP contribution in [0, 0.1) is 13.8 Å². The maximum Gasteiger partial charge on any atom is 0.410 e. The zero-order chi connectivity index (χ0) is 34.9. The summed E-state index contributed by atoms with van der Waals surface area (Å²) in [5.41, 5.74) is 2.99. The second-order valence-corrected chi connectivity index (χ2v) is 13.7. The normalized spacial score (nSPS) is 15.3. The van der Waals surface area contributed by atoms with Crippen LogP contribution in [0.2, 0.25) is 0 Å². The Balaban J connectivity index is 1.60. The number of carbonyl (C=O) groups excluding carboxylic acids is 2. The molecule has 1 spiro atoms. The van der Waals surface area contributed by atoms with Gasteiger partial charge in [0.1, 0.15) is 12.2 Å². The molecule has 0 aliphatic carbocycles. The number of amides is 2. The summed E-state index contributed by atoms with van der Waals surface area (Å²) in [4.78, 5) is 45.3. The Labute approximate surface area is 287 Å². The number of pyridine rings is 1. The van der Waals surface area contributed by atoms with Crippen molar-refractivity contribution in [2.45, 2.75) is 58.5 Å². The predicted molar refractivity (Wildman–Crippen MR) is 187 cm³/mol. The second kappa shape index (κ2) is 13.4. The SMILES string of the molecule is COCCN1C(=O)c2c(OCc3ccccc3)c(=O)ccn2N(C(c2ccccc2C)c2ccccc2C)C12CN(C(=O)OC(C)(C)C)C2. The van der Waals surface area contributed by atoms with Gasteiger partial charge in [-0.3, -0.25) is 24.2 Å². The van der Waals surface area contributed by atoms with Crippen molar-refractivity contribution in [1.82, 2.24) is 14.5 Å². The first-order valence-electron chi connectivity index (χ1n) is 16.6. The molecule has 4 aromatic rings. The Hall–Kier alpha value is -5.09. The number of carbonyl (C=O) groups is 2. The van der Waals surface area contributed by atoms with Gasteiger partial charge in [-0.1, -0.05) is 78.9 Å². The molecule has 10 heteroatoms. The molecule has 1 fully saturated rings. The molecule has 0 saturated carbocycles. The first kappa shape index (κ1) is 33.8. The molecule has 0 unspecified atom stereocenters. The number of methoxy groups -OCH3 is 1. The fourth-order valence-corrected chi connectivity index (χ4v) is 6.81. The third-order valence-electron chi connectivity index (χ3n) is 9.14. The molecule has 0 atom stereocenters. The zero-order valence-electron chi connectivity index (χ0n) is 29.0. The monoisotopic (exact) mass is 664 g/mol. The van der Waals surface area contributed by atoms with Gasteiger partial charge in [-0.05, 0) is 62.4 Å². The summed E-state index contributed by atoms with van der Waals surface area (Å²) in [6.07, 6.45) is 1.19. The second-order valence-electron chi connectivity index (χ2n) is 13.7. The Morgan fingerprint density at radius 3 is 2.02 bits per heavy atom. The molecule has 6 rings (SSSR count). The first-order valence-corrected chi connectivity index (χ1v) is 16.6. The molecule has 0 radical (unpaired) electrons. The van der Waals surface area contributed by atoms with E-state index >= 15 is 0 Å². The van der Waals surface area contributed by atoms with Gasteiger partial charge in [0.25, 0.3) is 5.91 Å². The quantitative estimate of drug-likeness (QED) is 0.223. The summed E-state index contributed by atoms with van der Waals surface area (Å²) in [7, 11) is 1.59. The largest absolute Gasteiger partial charge is 0.482 e. The van der Waals surface area contributed by atoms with Crippen molar-refractivity contribution >= 4 is 12.0 Å². The minimum atomic E-state index is -1.04. The van der Waals surface area contributed by atoms with Crippen LogP contribution in [0.25, 0.3) is 0 Å². The third-order valence-corrected chi connectivity index (χ3v) is 9.14. The van der Waals surface area contributed by atoms with Gasteiger partial charge < -0.3 is 19.1 Å². The highest BCUT2D eigenvalue weighted by Crippen LogP contribution is 2.45. The molecule has 49 heavy (non-hydrogen) atoms. The van der Waals surface area contributed by atoms with Crippen LogP contribution >= 0.6 is 0 Å². The van der Waals surface area contributed by atoms with E-state index in [0.29, 0.717) is 0 Å². The maximum absolute atomic E-state index is 14.9. The predicted octanol–water partition coefficient (Wildman–Crippen LogP) is 5.82. The van der Waals surface area contributed by atoms with Crippen LogP contribution in [-0.2, 0) is 16.1 Å². The number of benzene rings is 3. The fraction of sp³-hybridized carbons (Fsp3) is 0.359. The minimum Gasteiger partial charge on any atom is -0.482 e. The van der Waals surface area contributed by atoms with E-state index < -0.39 is 28.8 Å². The summed E-state index contributed by atoms with van der Waals surface area (Å²) < 4.78 is 19.3. The van der Waals surface area contributed by atoms with Gasteiger partial charge in [0.2, 0.25) is 5.43 Å². The Bertz CT molecular complexity index is 1850. The van der Waals surface area contributed by atoms with Crippen LogP contribution in [0.3, 0.4) is 0 Å². The molecule has 0 bridgehead atoms. The van der Waals surface area contributed by atoms with E-state index in [9.17, 15) is 14.4 Å². The average molecular weight is 665 g/mol. The van der Waals surface area contributed by atoms with Crippen LogP contribution in [-0.4, -0.2) is 71.1 Å². The zero-order valence-corrected chi connectivity index (χ0v) is 29.0. The molecule has 2 aliphatic heterocycles. The van der Waals surface area contributed by atoms with Gasteiger partial charge >= 0.3 is 6.09 Å². The van der Waals surface area contributed by atoms with Gasteiger partial charge in [0.15, 0.2) is 17.1 Å². The topological polar surface area (TPSA) is 93.5 Å². The number of aromatic nitrogens is 1. The van der Waals surface area contributed by atoms with Gasteiger partial charge in [0.05, 0.1) is 25.7 Å². The van der Waals surface area contributed by atoms with Crippen molar-refractivity contribution < 1.29 is 23.8 Å². The standard InChI is InChI=1S/C39H44N4O6/c1-27-14-10-12-18-30(27)33(31-19-13-11-15-28(31)2)43-39(25-40(26-39)37(46)49-38(3,4)5)41(22-23-47-6)36(45)34-35(32(44)20-21-42(34)43)48-24-29-16-8-7-9-17-29/h7-21,33H,22-26H2,1-6H3. The van der Waals surface area contributed by atoms with E-state index in [2.05, 4.69) is 43.1 Å². The smallest absolute Gasteiger partial charge is 0.410 e. The molecule has 3 aromatic carbocycles. The highest BCUT2D eigenvalue weighted by atomic mass is 16.6. The lowest BCUT2D eigenvalue weighted by Gasteiger charge is -2.64. The molecule has 256 valence electrons. The number of aryl methyl sites for hydroxylation is 2. The van der Waals surface area contributed by atoms with E-state index in [1.54, 1.807) is 27.8 Å². The van der Waals surface area contributed by atoms with Crippen LogP contribution in [0.5, 0.6) is 5.75 Å². The molecule has 1 saturated heterocycles. The Morgan fingerprint density at radius 1 is 0.857 bits per heavy atom. The van der Waals surface area contributed by atoms with Crippen molar-refractivity contribution in [3.05, 3.63) is 135 Å². The lowest BCUT2D eigenvalue weighted by molar-refractivity contribution is -0.0785. The van der Waals surface area contributed by atoms with E-state index in [1.807, 2.05) is 75.4 Å². The lowest BCUT2D eigenvalue weighted by atomic mass is 9.86. The molecule has 2 aliphatic rings. The highest BCUT2D eigenvalue weighted by Gasteiger charge is 2.62. The van der Waals surface area contributed by atoms with Crippen LogP contribution < -0.4 is 15.2 Å². The van der Waals surface area contributed by atoms with Gasteiger partial charge in [-0.15, -0.1) is 0 Å². The van der Waals surface area contributed by atoms with Crippen molar-refractivity contribution in [3.63, 3.8) is 0 Å². The summed E-state index contributed by atoms with van der Waals surface area (Å²) in [5.74, 6) is -0.415. The van der Waals surface area contributed by atoms with Crippen LogP contribution in [0.4, 0.5) is 4.79 Å². The molecule has 0 N–H and O–H groups in total. The maximum atomic E-state index is 14.9. The van der Waals surface area contributed by atoms with E-state index in [0.717, 1.165) is 27.8 Å². The third kappa shape index (κ3) is 6.40. The number of likely N-dealkylation sites (tertiary alicyclic amines) is 1. The van der Waals surface area contributed by atoms with Crippen LogP contribution in [0.15, 0.2) is 95.9 Å². The van der Waals surface area contributed by atoms with Gasteiger partial charge in [-0.25, -0.2) is 4.79 Å². The first-order chi connectivity index (χ1) is 23.4. The molecule has 1 aromatic heterocycles.